The maximum Gasteiger partial charge on any atom is 0.160 e. The minimum Gasteiger partial charge on any atom is -0.456 e. The van der Waals surface area contributed by atoms with Crippen molar-refractivity contribution in [2.24, 2.45) is 0 Å². The van der Waals surface area contributed by atoms with Gasteiger partial charge in [-0.1, -0.05) is 454 Å². The molecular weight excluding hydrogens is 1710 g/mol. The Morgan fingerprint density at radius 1 is 0.173 bits per heavy atom. The van der Waals surface area contributed by atoms with Crippen LogP contribution in [0.15, 0.2) is 485 Å². The molecule has 0 saturated carbocycles. The normalized spacial score (nSPS) is 13.4. The zero-order valence-corrected chi connectivity index (χ0v) is 75.8. The molecule has 10 heteroatoms. The lowest BCUT2D eigenvalue weighted by Crippen LogP contribution is -2.32. The molecule has 20 aromatic carbocycles. The molecule has 139 heavy (non-hydrogen) atoms. The van der Waals surface area contributed by atoms with Crippen LogP contribution in [0.1, 0.15) is 66.8 Å². The zero-order valence-electron chi connectivity index (χ0n) is 75.0. The molecule has 9 nitrogen and oxygen atoms in total. The van der Waals surface area contributed by atoms with Gasteiger partial charge in [-0.25, -0.2) is 19.9 Å². The van der Waals surface area contributed by atoms with Crippen molar-refractivity contribution in [3.05, 3.63) is 552 Å². The van der Waals surface area contributed by atoms with Crippen LogP contribution in [0.4, 0.5) is 0 Å². The molecule has 0 amide bonds. The van der Waals surface area contributed by atoms with Gasteiger partial charge >= 0.3 is 0 Å². The Morgan fingerprint density at radius 3 is 0.835 bits per heavy atom. The molecule has 6 heterocycles. The molecule has 6 aliphatic rings. The summed E-state index contributed by atoms with van der Waals surface area (Å²) >= 11 is 1.61. The topological polar surface area (TPSA) is 105 Å². The van der Waals surface area contributed by atoms with E-state index in [0.717, 1.165) is 156 Å². The average Bonchev–Trinajstić information content (AvgIpc) is 1.54. The molecular formula is C129H80N6O3S. The van der Waals surface area contributed by atoms with Gasteiger partial charge in [0.1, 0.15) is 44.5 Å². The molecule has 0 saturated heterocycles. The number of para-hydroxylation sites is 8. The monoisotopic (exact) mass is 1790 g/mol. The van der Waals surface area contributed by atoms with Gasteiger partial charge in [0.2, 0.25) is 0 Å². The van der Waals surface area contributed by atoms with Crippen molar-refractivity contribution < 1.29 is 14.2 Å². The van der Waals surface area contributed by atoms with Crippen LogP contribution in [0.25, 0.3) is 155 Å². The number of hydrogen-bond donors (Lipinski definition) is 0. The molecule has 0 fully saturated rings. The standard InChI is InChI=1S/2C45H28N2O.C39H24N2OS/c1-2-14-29(15-3-1)44-46-40-26-10-6-20-35(40)42(47-44)31-17-12-16-30(28-31)32-21-13-25-39-43(32)48-41-27-11-9-24-38(41)45(39)36-22-7-4-18-33(36)34-19-5-8-23-37(34)45;1-2-14-29(15-3-1)42-35-20-6-10-26-40(35)46-44(47-42)31-17-12-16-30(28-31)32-21-13-25-39-43(32)48-41-27-11-9-24-38(41)45(39)36-22-7-4-18-33(36)34-19-5-8-23-37(34)45;1-2-11-26(12-3-1)37-40-41-38(43-37)27-23-21-25(22-24-27)28-15-10-19-34-36(28)42-35-20-9-8-18-33(35)39(34)31-16-6-4-13-29(31)30-14-5-7-17-32(30)39/h2*1-28H;1-24H. The van der Waals surface area contributed by atoms with Crippen LogP contribution in [0.3, 0.4) is 0 Å². The predicted octanol–water partition coefficient (Wildman–Crippen LogP) is 32.2. The lowest BCUT2D eigenvalue weighted by molar-refractivity contribution is 0.438. The maximum absolute atomic E-state index is 6.95. The molecule has 3 aliphatic carbocycles. The van der Waals surface area contributed by atoms with Gasteiger partial charge in [-0.05, 0) is 126 Å². The van der Waals surface area contributed by atoms with Gasteiger partial charge in [-0.15, -0.1) is 10.2 Å². The summed E-state index contributed by atoms with van der Waals surface area (Å²) in [5.41, 5.74) is 37.1. The van der Waals surface area contributed by atoms with Gasteiger partial charge < -0.3 is 14.2 Å². The zero-order chi connectivity index (χ0) is 91.7. The van der Waals surface area contributed by atoms with E-state index in [1.807, 2.05) is 60.7 Å². The fourth-order valence-corrected chi connectivity index (χ4v) is 23.7. The Hall–Kier alpha value is -18.0. The number of fused-ring (bicyclic) bond motifs is 29. The first kappa shape index (κ1) is 80.7. The van der Waals surface area contributed by atoms with Crippen molar-refractivity contribution in [3.8, 4) is 168 Å². The van der Waals surface area contributed by atoms with Crippen LogP contribution in [0, 0.1) is 0 Å². The van der Waals surface area contributed by atoms with E-state index in [9.17, 15) is 0 Å². The van der Waals surface area contributed by atoms with Crippen molar-refractivity contribution >= 4 is 33.1 Å². The van der Waals surface area contributed by atoms with Crippen molar-refractivity contribution in [2.45, 2.75) is 16.2 Å². The highest BCUT2D eigenvalue weighted by atomic mass is 32.1. The molecule has 3 aromatic heterocycles. The van der Waals surface area contributed by atoms with Crippen LogP contribution in [0.5, 0.6) is 34.5 Å². The van der Waals surface area contributed by atoms with Crippen molar-refractivity contribution in [1.29, 1.82) is 0 Å². The van der Waals surface area contributed by atoms with E-state index in [4.69, 9.17) is 34.1 Å². The summed E-state index contributed by atoms with van der Waals surface area (Å²) in [4.78, 5) is 20.3. The molecule has 23 aromatic rings. The number of ether oxygens (including phenoxy) is 3. The second-order valence-corrected chi connectivity index (χ2v) is 36.9. The number of hydrogen-bond acceptors (Lipinski definition) is 10. The van der Waals surface area contributed by atoms with Gasteiger partial charge in [-0.2, -0.15) is 0 Å². The second-order valence-electron chi connectivity index (χ2n) is 35.9. The van der Waals surface area contributed by atoms with E-state index in [2.05, 4.69) is 435 Å². The molecule has 0 bridgehead atoms. The highest BCUT2D eigenvalue weighted by Crippen LogP contribution is 2.68. The van der Waals surface area contributed by atoms with Gasteiger partial charge in [0, 0.05) is 94.2 Å². The van der Waals surface area contributed by atoms with Gasteiger partial charge in [0.15, 0.2) is 11.6 Å². The van der Waals surface area contributed by atoms with Gasteiger partial charge in [0.05, 0.1) is 38.7 Å². The average molecular weight is 1790 g/mol. The largest absolute Gasteiger partial charge is 0.456 e. The van der Waals surface area contributed by atoms with E-state index < -0.39 is 16.2 Å². The molecule has 0 atom stereocenters. The van der Waals surface area contributed by atoms with Crippen LogP contribution in [0.2, 0.25) is 0 Å². The number of aromatic nitrogens is 6. The van der Waals surface area contributed by atoms with E-state index in [1.54, 1.807) is 11.3 Å². The third-order valence-electron chi connectivity index (χ3n) is 28.7. The fourth-order valence-electron chi connectivity index (χ4n) is 22.8. The number of rotatable bonds is 9. The molecule has 650 valence electrons. The van der Waals surface area contributed by atoms with E-state index in [1.165, 1.54) is 89.0 Å². The maximum atomic E-state index is 6.95. The minimum absolute atomic E-state index is 0.465. The van der Waals surface area contributed by atoms with E-state index >= 15 is 0 Å². The quantitative estimate of drug-likeness (QED) is 0.140. The Bertz CT molecular complexity index is 8760. The Balaban J connectivity index is 0.000000105. The summed E-state index contributed by atoms with van der Waals surface area (Å²) in [6.45, 7) is 0. The Labute approximate surface area is 807 Å². The third kappa shape index (κ3) is 12.6. The smallest absolute Gasteiger partial charge is 0.160 e. The number of nitrogens with zero attached hydrogens (tertiary/aromatic N) is 6. The van der Waals surface area contributed by atoms with Crippen LogP contribution in [-0.4, -0.2) is 30.1 Å². The summed E-state index contributed by atoms with van der Waals surface area (Å²) < 4.78 is 20.7. The third-order valence-corrected chi connectivity index (χ3v) is 29.7. The van der Waals surface area contributed by atoms with Crippen LogP contribution < -0.4 is 14.2 Å². The molecule has 0 N–H and O–H groups in total. The summed E-state index contributed by atoms with van der Waals surface area (Å²) in [6, 6.07) is 171. The predicted molar refractivity (Wildman–Crippen MR) is 560 cm³/mol. The number of benzene rings is 20. The first-order valence-corrected chi connectivity index (χ1v) is 47.9. The van der Waals surface area contributed by atoms with Crippen molar-refractivity contribution in [1.82, 2.24) is 30.1 Å². The summed E-state index contributed by atoms with van der Waals surface area (Å²) in [6.07, 6.45) is 0. The molecule has 3 spiro atoms. The van der Waals surface area contributed by atoms with Gasteiger partial charge in [-0.3, -0.25) is 0 Å². The van der Waals surface area contributed by atoms with Crippen LogP contribution >= 0.6 is 11.3 Å². The lowest BCUT2D eigenvalue weighted by atomic mass is 9.65. The Kier molecular flexibility index (Phi) is 19.0. The second kappa shape index (κ2) is 32.7. The summed E-state index contributed by atoms with van der Waals surface area (Å²) in [5.74, 6) is 6.74. The Morgan fingerprint density at radius 2 is 0.432 bits per heavy atom. The first-order chi connectivity index (χ1) is 68.9. The highest BCUT2D eigenvalue weighted by Gasteiger charge is 2.55. The minimum atomic E-state index is -0.503. The first-order valence-electron chi connectivity index (χ1n) is 47.1. The molecule has 29 rings (SSSR count). The van der Waals surface area contributed by atoms with Crippen molar-refractivity contribution in [2.75, 3.05) is 0 Å². The molecule has 0 unspecified atom stereocenters. The SMILES string of the molecule is c1ccc(-c2nc(-c3cccc(-c4cccc5c4Oc4ccccc4C54c5ccccc5-c5ccccc54)c3)c3ccccc3n2)cc1.c1ccc(-c2nc(-c3cccc(-c4cccc5c4Oc4ccccc4C54c5ccccc5-c5ccccc54)c3)nc3ccccc23)cc1.c1ccc(-c2nnc(-c3ccc(-c4cccc5c4Oc4ccccc4C54c5ccccc5-c5ccccc54)cc3)s2)cc1. The van der Waals surface area contributed by atoms with Gasteiger partial charge in [0.25, 0.3) is 0 Å². The van der Waals surface area contributed by atoms with E-state index in [-0.39, 0.29) is 0 Å². The van der Waals surface area contributed by atoms with Crippen molar-refractivity contribution in [3.63, 3.8) is 0 Å². The molecule has 0 radical (unpaired) electrons. The molecule has 3 aliphatic heterocycles. The summed E-state index contributed by atoms with van der Waals surface area (Å²) in [5, 5.41) is 12.8. The summed E-state index contributed by atoms with van der Waals surface area (Å²) in [7, 11) is 0. The van der Waals surface area contributed by atoms with Crippen LogP contribution in [-0.2, 0) is 16.2 Å². The van der Waals surface area contributed by atoms with E-state index in [0.29, 0.717) is 11.6 Å². The fraction of sp³-hybridized carbons (Fsp3) is 0.0233. The lowest BCUT2D eigenvalue weighted by Gasteiger charge is -2.40. The highest BCUT2D eigenvalue weighted by molar-refractivity contribution is 7.17.